The number of nitrogens with zero attached hydrogens (tertiary/aromatic N) is 2. The molecule has 0 spiro atoms. The highest BCUT2D eigenvalue weighted by molar-refractivity contribution is 6.51. The number of hydrogen-bond acceptors (Lipinski definition) is 6. The third-order valence-electron chi connectivity index (χ3n) is 6.32. The zero-order valence-electron chi connectivity index (χ0n) is 19.9. The number of carbonyl (C=O) groups is 2. The van der Waals surface area contributed by atoms with E-state index in [-0.39, 0.29) is 17.3 Å². The number of ether oxygens (including phenoxy) is 1. The number of aliphatic hydroxyl groups excluding tert-OH is 1. The second-order valence-electron chi connectivity index (χ2n) is 8.61. The molecule has 1 aliphatic heterocycles. The maximum Gasteiger partial charge on any atom is 0.302 e. The summed E-state index contributed by atoms with van der Waals surface area (Å²) in [6, 6.07) is 11.3. The van der Waals surface area contributed by atoms with E-state index in [0.717, 1.165) is 22.2 Å². The normalized spacial score (nSPS) is 17.5. The monoisotopic (exact) mass is 471 g/mol. The summed E-state index contributed by atoms with van der Waals surface area (Å²) < 4.78 is 11.2. The van der Waals surface area contributed by atoms with Crippen LogP contribution in [0.2, 0.25) is 0 Å². The van der Waals surface area contributed by atoms with Gasteiger partial charge in [-0.1, -0.05) is 0 Å². The van der Waals surface area contributed by atoms with Gasteiger partial charge in [0.1, 0.15) is 23.3 Å². The van der Waals surface area contributed by atoms with Gasteiger partial charge in [-0.05, 0) is 86.8 Å². The third-order valence-corrected chi connectivity index (χ3v) is 6.32. The Balaban J connectivity index is 1.67. The Hall–Kier alpha value is -4.33. The molecule has 35 heavy (non-hydrogen) atoms. The van der Waals surface area contributed by atoms with Gasteiger partial charge >= 0.3 is 5.91 Å². The van der Waals surface area contributed by atoms with Crippen LogP contribution in [-0.4, -0.2) is 33.4 Å². The van der Waals surface area contributed by atoms with Crippen molar-refractivity contribution >= 4 is 34.4 Å². The molecule has 1 fully saturated rings. The number of imidazole rings is 1. The van der Waals surface area contributed by atoms with E-state index < -0.39 is 17.7 Å². The fourth-order valence-corrected chi connectivity index (χ4v) is 4.41. The molecule has 0 aliphatic carbocycles. The smallest absolute Gasteiger partial charge is 0.302 e. The second kappa shape index (κ2) is 8.47. The number of aryl methyl sites for hydroxylation is 3. The van der Waals surface area contributed by atoms with Gasteiger partial charge < -0.3 is 19.2 Å². The first kappa shape index (κ1) is 22.5. The molecule has 8 heteroatoms. The zero-order chi connectivity index (χ0) is 24.9. The van der Waals surface area contributed by atoms with Crippen LogP contribution >= 0.6 is 0 Å². The highest BCUT2D eigenvalue weighted by Crippen LogP contribution is 2.42. The number of amides is 1. The van der Waals surface area contributed by atoms with E-state index in [1.165, 1.54) is 11.2 Å². The summed E-state index contributed by atoms with van der Waals surface area (Å²) in [6.45, 7) is 8.22. The van der Waals surface area contributed by atoms with E-state index in [1.54, 1.807) is 30.3 Å². The summed E-state index contributed by atoms with van der Waals surface area (Å²) in [7, 11) is 0. The summed E-state index contributed by atoms with van der Waals surface area (Å²) in [5.41, 5.74) is 4.67. The molecule has 1 amide bonds. The van der Waals surface area contributed by atoms with Gasteiger partial charge in [-0.25, -0.2) is 4.98 Å². The zero-order valence-corrected chi connectivity index (χ0v) is 19.9. The van der Waals surface area contributed by atoms with Crippen molar-refractivity contribution in [3.63, 3.8) is 0 Å². The van der Waals surface area contributed by atoms with E-state index in [0.29, 0.717) is 29.2 Å². The predicted octanol–water partition coefficient (Wildman–Crippen LogP) is 5.11. The quantitative estimate of drug-likeness (QED) is 0.238. The van der Waals surface area contributed by atoms with Crippen molar-refractivity contribution in [3.05, 3.63) is 82.3 Å². The molecule has 2 aromatic heterocycles. The lowest BCUT2D eigenvalue weighted by Crippen LogP contribution is -2.30. The largest absolute Gasteiger partial charge is 0.507 e. The first-order chi connectivity index (χ1) is 16.8. The van der Waals surface area contributed by atoms with Crippen molar-refractivity contribution in [3.8, 4) is 5.75 Å². The Morgan fingerprint density at radius 2 is 1.89 bits per heavy atom. The summed E-state index contributed by atoms with van der Waals surface area (Å²) >= 11 is 0. The van der Waals surface area contributed by atoms with E-state index >= 15 is 0 Å². The SMILES string of the molecule is CCOc1ccc(/C(O)=C2\C(=O)C(=O)N(c3nc4cc(C)c(C)cc4[nH]3)C2c2ccco2)cc1C. The number of hydrogen-bond donors (Lipinski definition) is 2. The van der Waals surface area contributed by atoms with Gasteiger partial charge in [-0.15, -0.1) is 0 Å². The maximum absolute atomic E-state index is 13.3. The fraction of sp³-hybridized carbons (Fsp3) is 0.222. The molecule has 4 aromatic rings. The molecule has 1 unspecified atom stereocenters. The standard InChI is InChI=1S/C27H25N3O5/c1-5-34-20-9-8-17(11-16(20)4)24(31)22-23(21-7-6-10-35-21)30(26(33)25(22)32)27-28-18-12-14(2)15(3)13-19(18)29-27/h6-13,23,31H,5H2,1-4H3,(H,28,29)/b24-22+. The number of anilines is 1. The molecule has 3 heterocycles. The molecule has 1 saturated heterocycles. The molecule has 0 radical (unpaired) electrons. The predicted molar refractivity (Wildman–Crippen MR) is 131 cm³/mol. The summed E-state index contributed by atoms with van der Waals surface area (Å²) in [5.74, 6) is -0.691. The number of nitrogens with one attached hydrogen (secondary N) is 1. The molecular formula is C27H25N3O5. The molecule has 5 rings (SSSR count). The molecular weight excluding hydrogens is 446 g/mol. The van der Waals surface area contributed by atoms with E-state index in [4.69, 9.17) is 9.15 Å². The Labute approximate surface area is 201 Å². The van der Waals surface area contributed by atoms with Crippen molar-refractivity contribution in [2.45, 2.75) is 33.7 Å². The highest BCUT2D eigenvalue weighted by Gasteiger charge is 2.49. The van der Waals surface area contributed by atoms with E-state index in [1.807, 2.05) is 39.8 Å². The van der Waals surface area contributed by atoms with Gasteiger partial charge in [0.25, 0.3) is 5.78 Å². The molecule has 1 atom stereocenters. The lowest BCUT2D eigenvalue weighted by molar-refractivity contribution is -0.132. The molecule has 1 aliphatic rings. The van der Waals surface area contributed by atoms with Crippen LogP contribution in [0.5, 0.6) is 5.75 Å². The number of furan rings is 1. The summed E-state index contributed by atoms with van der Waals surface area (Å²) in [6.07, 6.45) is 1.46. The number of aliphatic hydroxyl groups is 1. The molecule has 0 saturated carbocycles. The van der Waals surface area contributed by atoms with Gasteiger partial charge in [0.15, 0.2) is 0 Å². The number of benzene rings is 2. The van der Waals surface area contributed by atoms with Gasteiger partial charge in [0, 0.05) is 5.56 Å². The fourth-order valence-electron chi connectivity index (χ4n) is 4.41. The van der Waals surface area contributed by atoms with Crippen LogP contribution in [0.3, 0.4) is 0 Å². The number of H-pyrrole nitrogens is 1. The van der Waals surface area contributed by atoms with E-state index in [2.05, 4.69) is 9.97 Å². The minimum Gasteiger partial charge on any atom is -0.507 e. The molecule has 0 bridgehead atoms. The molecule has 178 valence electrons. The van der Waals surface area contributed by atoms with E-state index in [9.17, 15) is 14.7 Å². The molecule has 2 N–H and O–H groups in total. The van der Waals surface area contributed by atoms with Crippen molar-refractivity contribution in [1.29, 1.82) is 0 Å². The van der Waals surface area contributed by atoms with Crippen LogP contribution < -0.4 is 9.64 Å². The van der Waals surface area contributed by atoms with Crippen LogP contribution in [0.1, 0.15) is 41.0 Å². The van der Waals surface area contributed by atoms with Crippen LogP contribution in [0.25, 0.3) is 16.8 Å². The Kier molecular flexibility index (Phi) is 5.43. The van der Waals surface area contributed by atoms with Gasteiger partial charge in [-0.3, -0.25) is 14.5 Å². The van der Waals surface area contributed by atoms with Crippen LogP contribution in [-0.2, 0) is 9.59 Å². The Bertz CT molecular complexity index is 1460. The van der Waals surface area contributed by atoms with Crippen molar-refractivity contribution in [2.75, 3.05) is 11.5 Å². The minimum atomic E-state index is -0.986. The summed E-state index contributed by atoms with van der Waals surface area (Å²) in [4.78, 5) is 35.5. The van der Waals surface area contributed by atoms with Crippen LogP contribution in [0.4, 0.5) is 5.95 Å². The maximum atomic E-state index is 13.3. The number of aromatic amines is 1. The van der Waals surface area contributed by atoms with Crippen LogP contribution in [0.15, 0.2) is 58.7 Å². The van der Waals surface area contributed by atoms with Gasteiger partial charge in [-0.2, -0.15) is 0 Å². The second-order valence-corrected chi connectivity index (χ2v) is 8.61. The number of ketones is 1. The lowest BCUT2D eigenvalue weighted by atomic mass is 9.98. The lowest BCUT2D eigenvalue weighted by Gasteiger charge is -2.20. The molecule has 2 aromatic carbocycles. The van der Waals surface area contributed by atoms with Gasteiger partial charge in [0.05, 0.1) is 29.5 Å². The number of Topliss-reactive ketones (excluding diaryl/α,β-unsaturated/α-hetero) is 1. The first-order valence-electron chi connectivity index (χ1n) is 11.3. The Morgan fingerprint density at radius 3 is 2.57 bits per heavy atom. The first-order valence-corrected chi connectivity index (χ1v) is 11.3. The minimum absolute atomic E-state index is 0.0682. The highest BCUT2D eigenvalue weighted by atomic mass is 16.5. The Morgan fingerprint density at radius 1 is 1.11 bits per heavy atom. The average Bonchev–Trinajstić information content (AvgIpc) is 3.54. The van der Waals surface area contributed by atoms with Crippen molar-refractivity contribution < 1.29 is 23.8 Å². The third kappa shape index (κ3) is 3.67. The van der Waals surface area contributed by atoms with Crippen LogP contribution in [0, 0.1) is 20.8 Å². The van der Waals surface area contributed by atoms with Crippen molar-refractivity contribution in [1.82, 2.24) is 9.97 Å². The molecule has 8 nitrogen and oxygen atoms in total. The number of rotatable bonds is 5. The number of fused-ring (bicyclic) bond motifs is 1. The van der Waals surface area contributed by atoms with Crippen molar-refractivity contribution in [2.24, 2.45) is 0 Å². The number of carbonyl (C=O) groups excluding carboxylic acids is 2. The summed E-state index contributed by atoms with van der Waals surface area (Å²) in [5, 5.41) is 11.3. The average molecular weight is 472 g/mol. The van der Waals surface area contributed by atoms with Gasteiger partial charge in [0.2, 0.25) is 5.95 Å². The number of aromatic nitrogens is 2. The topological polar surface area (TPSA) is 109 Å².